The minimum atomic E-state index is 0.0737. The summed E-state index contributed by atoms with van der Waals surface area (Å²) in [6.07, 6.45) is 8.74. The summed E-state index contributed by atoms with van der Waals surface area (Å²) in [4.78, 5) is 1.48. The molecule has 0 aromatic carbocycles. The van der Waals surface area contributed by atoms with Gasteiger partial charge < -0.3 is 10.1 Å². The van der Waals surface area contributed by atoms with Gasteiger partial charge in [0.25, 0.3) is 0 Å². The van der Waals surface area contributed by atoms with Crippen molar-refractivity contribution < 1.29 is 4.74 Å². The molecule has 0 spiro atoms. The first-order valence-corrected chi connectivity index (χ1v) is 7.93. The Balaban J connectivity index is 1.97. The number of thiophene rings is 1. The van der Waals surface area contributed by atoms with Gasteiger partial charge in [-0.25, -0.2) is 0 Å². The SMILES string of the molecule is CNC(CCc1cccs1)C1(OC)CCCCC1. The summed E-state index contributed by atoms with van der Waals surface area (Å²) in [5.41, 5.74) is 0.0737. The number of nitrogens with one attached hydrogen (secondary N) is 1. The maximum absolute atomic E-state index is 5.94. The van der Waals surface area contributed by atoms with Crippen LogP contribution in [0.25, 0.3) is 0 Å². The molecule has 0 radical (unpaired) electrons. The van der Waals surface area contributed by atoms with E-state index in [9.17, 15) is 0 Å². The lowest BCUT2D eigenvalue weighted by molar-refractivity contribution is -0.0675. The van der Waals surface area contributed by atoms with Gasteiger partial charge in [-0.15, -0.1) is 11.3 Å². The van der Waals surface area contributed by atoms with Crippen molar-refractivity contribution in [1.82, 2.24) is 5.32 Å². The fourth-order valence-corrected chi connectivity index (χ4v) is 3.98. The molecule has 1 aromatic heterocycles. The number of hydrogen-bond acceptors (Lipinski definition) is 3. The zero-order valence-electron chi connectivity index (χ0n) is 11.6. The van der Waals surface area contributed by atoms with Gasteiger partial charge in [0.05, 0.1) is 5.60 Å². The van der Waals surface area contributed by atoms with Crippen molar-refractivity contribution in [2.75, 3.05) is 14.2 Å². The van der Waals surface area contributed by atoms with Crippen molar-refractivity contribution in [1.29, 1.82) is 0 Å². The highest BCUT2D eigenvalue weighted by molar-refractivity contribution is 7.09. The topological polar surface area (TPSA) is 21.3 Å². The third-order valence-electron chi connectivity index (χ3n) is 4.35. The largest absolute Gasteiger partial charge is 0.377 e. The maximum atomic E-state index is 5.94. The fraction of sp³-hybridized carbons (Fsp3) is 0.733. The van der Waals surface area contributed by atoms with E-state index in [4.69, 9.17) is 4.74 Å². The number of methoxy groups -OCH3 is 1. The van der Waals surface area contributed by atoms with E-state index in [0.29, 0.717) is 6.04 Å². The zero-order valence-corrected chi connectivity index (χ0v) is 12.4. The van der Waals surface area contributed by atoms with Crippen LogP contribution in [0.5, 0.6) is 0 Å². The van der Waals surface area contributed by atoms with Gasteiger partial charge in [-0.3, -0.25) is 0 Å². The Kier molecular flexibility index (Phi) is 5.22. The Bertz CT molecular complexity index is 330. The van der Waals surface area contributed by atoms with Crippen molar-refractivity contribution in [2.24, 2.45) is 0 Å². The molecule has 2 nitrogen and oxygen atoms in total. The molecule has 1 aliphatic carbocycles. The molecule has 3 heteroatoms. The summed E-state index contributed by atoms with van der Waals surface area (Å²) in [5, 5.41) is 5.67. The second-order valence-electron chi connectivity index (χ2n) is 5.29. The molecule has 0 amide bonds. The summed E-state index contributed by atoms with van der Waals surface area (Å²) in [7, 11) is 3.97. The average molecular weight is 267 g/mol. The smallest absolute Gasteiger partial charge is 0.0830 e. The molecular formula is C15H25NOS. The van der Waals surface area contributed by atoms with Crippen LogP contribution >= 0.6 is 11.3 Å². The van der Waals surface area contributed by atoms with Crippen molar-refractivity contribution >= 4 is 11.3 Å². The van der Waals surface area contributed by atoms with Gasteiger partial charge in [0, 0.05) is 18.0 Å². The van der Waals surface area contributed by atoms with Crippen LogP contribution in [0.3, 0.4) is 0 Å². The Labute approximate surface area is 115 Å². The van der Waals surface area contributed by atoms with Crippen LogP contribution in [-0.4, -0.2) is 25.8 Å². The number of likely N-dealkylation sites (N-methyl/N-ethyl adjacent to an activating group) is 1. The van der Waals surface area contributed by atoms with Crippen molar-refractivity contribution in [3.05, 3.63) is 22.4 Å². The van der Waals surface area contributed by atoms with Gasteiger partial charge in [-0.2, -0.15) is 0 Å². The van der Waals surface area contributed by atoms with Gasteiger partial charge in [-0.1, -0.05) is 25.3 Å². The number of aryl methyl sites for hydroxylation is 1. The van der Waals surface area contributed by atoms with E-state index in [1.807, 2.05) is 18.4 Å². The Hall–Kier alpha value is -0.380. The monoisotopic (exact) mass is 267 g/mol. The molecule has 1 fully saturated rings. The number of ether oxygens (including phenoxy) is 1. The van der Waals surface area contributed by atoms with E-state index < -0.39 is 0 Å². The van der Waals surface area contributed by atoms with E-state index in [1.54, 1.807) is 0 Å². The van der Waals surface area contributed by atoms with Crippen molar-refractivity contribution in [3.63, 3.8) is 0 Å². The first-order valence-electron chi connectivity index (χ1n) is 7.05. The summed E-state index contributed by atoms with van der Waals surface area (Å²) >= 11 is 1.86. The quantitative estimate of drug-likeness (QED) is 0.850. The first kappa shape index (κ1) is 14.0. The molecule has 2 rings (SSSR count). The lowest BCUT2D eigenvalue weighted by Crippen LogP contribution is -2.52. The molecule has 0 saturated heterocycles. The molecule has 1 N–H and O–H groups in total. The second-order valence-corrected chi connectivity index (χ2v) is 6.32. The highest BCUT2D eigenvalue weighted by atomic mass is 32.1. The minimum Gasteiger partial charge on any atom is -0.377 e. The van der Waals surface area contributed by atoms with Gasteiger partial charge >= 0.3 is 0 Å². The molecule has 1 aromatic rings. The Morgan fingerprint density at radius 3 is 2.72 bits per heavy atom. The van der Waals surface area contributed by atoms with Crippen molar-refractivity contribution in [3.8, 4) is 0 Å². The van der Waals surface area contributed by atoms with Crippen LogP contribution in [-0.2, 0) is 11.2 Å². The second kappa shape index (κ2) is 6.69. The summed E-state index contributed by atoms with van der Waals surface area (Å²) in [6, 6.07) is 4.85. The molecule has 18 heavy (non-hydrogen) atoms. The van der Waals surface area contributed by atoms with E-state index in [2.05, 4.69) is 29.9 Å². The zero-order chi connectivity index (χ0) is 12.8. The third-order valence-corrected chi connectivity index (χ3v) is 5.29. The molecule has 102 valence electrons. The van der Waals surface area contributed by atoms with Crippen molar-refractivity contribution in [2.45, 2.75) is 56.6 Å². The first-order chi connectivity index (χ1) is 8.80. The molecule has 0 bridgehead atoms. The standard InChI is InChI=1S/C15H25NOS/c1-16-14(9-8-13-7-6-12-18-13)15(17-2)10-4-3-5-11-15/h6-7,12,14,16H,3-5,8-11H2,1-2H3. The van der Waals surface area contributed by atoms with E-state index >= 15 is 0 Å². The minimum absolute atomic E-state index is 0.0737. The van der Waals surface area contributed by atoms with Gasteiger partial charge in [-0.05, 0) is 44.2 Å². The molecule has 1 unspecified atom stereocenters. The highest BCUT2D eigenvalue weighted by Gasteiger charge is 2.38. The molecule has 0 aliphatic heterocycles. The van der Waals surface area contributed by atoms with Crippen LogP contribution in [0.1, 0.15) is 43.4 Å². The van der Waals surface area contributed by atoms with E-state index in [1.165, 1.54) is 43.4 Å². The predicted octanol–water partition coefficient (Wildman–Crippen LogP) is 3.62. The fourth-order valence-electron chi connectivity index (χ4n) is 3.26. The lowest BCUT2D eigenvalue weighted by Gasteiger charge is -2.42. The van der Waals surface area contributed by atoms with Crippen LogP contribution in [0.2, 0.25) is 0 Å². The lowest BCUT2D eigenvalue weighted by atomic mass is 9.77. The van der Waals surface area contributed by atoms with Crippen LogP contribution < -0.4 is 5.32 Å². The maximum Gasteiger partial charge on any atom is 0.0830 e. The van der Waals surface area contributed by atoms with Crippen LogP contribution in [0, 0.1) is 0 Å². The molecule has 1 heterocycles. The van der Waals surface area contributed by atoms with Crippen LogP contribution in [0.4, 0.5) is 0 Å². The molecule has 1 atom stereocenters. The van der Waals surface area contributed by atoms with Crippen LogP contribution in [0.15, 0.2) is 17.5 Å². The van der Waals surface area contributed by atoms with Gasteiger partial charge in [0.1, 0.15) is 0 Å². The van der Waals surface area contributed by atoms with Gasteiger partial charge in [0.15, 0.2) is 0 Å². The third kappa shape index (κ3) is 3.14. The van der Waals surface area contributed by atoms with E-state index in [0.717, 1.165) is 6.42 Å². The summed E-state index contributed by atoms with van der Waals surface area (Å²) in [6.45, 7) is 0. The van der Waals surface area contributed by atoms with Gasteiger partial charge in [0.2, 0.25) is 0 Å². The summed E-state index contributed by atoms with van der Waals surface area (Å²) < 4.78 is 5.94. The Morgan fingerprint density at radius 2 is 2.17 bits per heavy atom. The average Bonchev–Trinajstić information content (AvgIpc) is 2.93. The Morgan fingerprint density at radius 1 is 1.39 bits per heavy atom. The van der Waals surface area contributed by atoms with E-state index in [-0.39, 0.29) is 5.60 Å². The number of rotatable bonds is 6. The normalized spacial score (nSPS) is 20.8. The number of hydrogen-bond donors (Lipinski definition) is 1. The summed E-state index contributed by atoms with van der Waals surface area (Å²) in [5.74, 6) is 0. The molecule has 1 saturated carbocycles. The predicted molar refractivity (Wildman–Crippen MR) is 78.3 cm³/mol. The molecular weight excluding hydrogens is 242 g/mol. The molecule has 1 aliphatic rings. The highest BCUT2D eigenvalue weighted by Crippen LogP contribution is 2.35.